The molecular formula is C11H11N3O. The molecular weight excluding hydrogens is 190 g/mol. The van der Waals surface area contributed by atoms with Crippen LogP contribution in [0, 0.1) is 5.92 Å². The Hall–Kier alpha value is -1.84. The van der Waals surface area contributed by atoms with E-state index >= 15 is 0 Å². The Morgan fingerprint density at radius 1 is 1.47 bits per heavy atom. The number of rotatable bonds is 2. The summed E-state index contributed by atoms with van der Waals surface area (Å²) in [7, 11) is 0. The predicted octanol–water partition coefficient (Wildman–Crippen LogP) is 1.91. The van der Waals surface area contributed by atoms with E-state index in [0.717, 1.165) is 29.4 Å². The number of hydrogen-bond donors (Lipinski definition) is 2. The molecule has 0 unspecified atom stereocenters. The fourth-order valence-corrected chi connectivity index (χ4v) is 1.66. The topological polar surface area (TPSA) is 57.8 Å². The maximum Gasteiger partial charge on any atom is 0.227 e. The van der Waals surface area contributed by atoms with Crippen molar-refractivity contribution in [2.75, 3.05) is 5.32 Å². The molecule has 0 spiro atoms. The highest BCUT2D eigenvalue weighted by Gasteiger charge is 2.29. The molecule has 76 valence electrons. The lowest BCUT2D eigenvalue weighted by molar-refractivity contribution is -0.117. The van der Waals surface area contributed by atoms with Gasteiger partial charge in [-0.2, -0.15) is 5.10 Å². The van der Waals surface area contributed by atoms with Crippen LogP contribution in [0.5, 0.6) is 0 Å². The molecule has 1 amide bonds. The summed E-state index contributed by atoms with van der Waals surface area (Å²) in [5, 5.41) is 10.7. The van der Waals surface area contributed by atoms with Gasteiger partial charge in [-0.1, -0.05) is 6.07 Å². The van der Waals surface area contributed by atoms with Crippen LogP contribution in [0.4, 0.5) is 5.69 Å². The van der Waals surface area contributed by atoms with E-state index in [2.05, 4.69) is 15.5 Å². The van der Waals surface area contributed by atoms with Crippen LogP contribution >= 0.6 is 0 Å². The van der Waals surface area contributed by atoms with Gasteiger partial charge in [-0.05, 0) is 25.0 Å². The van der Waals surface area contributed by atoms with E-state index in [1.54, 1.807) is 6.20 Å². The first-order chi connectivity index (χ1) is 7.34. The van der Waals surface area contributed by atoms with Gasteiger partial charge in [-0.15, -0.1) is 0 Å². The van der Waals surface area contributed by atoms with Crippen molar-refractivity contribution >= 4 is 22.5 Å². The lowest BCUT2D eigenvalue weighted by atomic mass is 10.2. The molecule has 1 fully saturated rings. The molecule has 0 atom stereocenters. The Morgan fingerprint density at radius 3 is 3.13 bits per heavy atom. The number of aromatic nitrogens is 2. The normalized spacial score (nSPS) is 15.5. The molecule has 1 aliphatic carbocycles. The molecule has 4 nitrogen and oxygen atoms in total. The molecule has 1 aromatic heterocycles. The van der Waals surface area contributed by atoms with E-state index < -0.39 is 0 Å². The van der Waals surface area contributed by atoms with Gasteiger partial charge in [0.15, 0.2) is 0 Å². The molecule has 0 radical (unpaired) electrons. The van der Waals surface area contributed by atoms with Crippen molar-refractivity contribution in [3.63, 3.8) is 0 Å². The van der Waals surface area contributed by atoms with Gasteiger partial charge in [0.2, 0.25) is 5.91 Å². The third-order valence-corrected chi connectivity index (χ3v) is 2.69. The third kappa shape index (κ3) is 1.48. The van der Waals surface area contributed by atoms with Crippen LogP contribution in [-0.2, 0) is 4.79 Å². The Labute approximate surface area is 86.7 Å². The van der Waals surface area contributed by atoms with Gasteiger partial charge in [-0.3, -0.25) is 9.89 Å². The molecule has 1 aliphatic rings. The molecule has 15 heavy (non-hydrogen) atoms. The van der Waals surface area contributed by atoms with Crippen molar-refractivity contribution in [2.24, 2.45) is 5.92 Å². The Kier molecular flexibility index (Phi) is 1.74. The van der Waals surface area contributed by atoms with E-state index in [9.17, 15) is 4.79 Å². The molecule has 2 N–H and O–H groups in total. The first-order valence-corrected chi connectivity index (χ1v) is 5.07. The summed E-state index contributed by atoms with van der Waals surface area (Å²) < 4.78 is 0. The fourth-order valence-electron chi connectivity index (χ4n) is 1.66. The van der Waals surface area contributed by atoms with Gasteiger partial charge in [-0.25, -0.2) is 0 Å². The number of carbonyl (C=O) groups excluding carboxylic acids is 1. The number of nitrogens with zero attached hydrogens (tertiary/aromatic N) is 1. The van der Waals surface area contributed by atoms with Crippen LogP contribution in [0.3, 0.4) is 0 Å². The number of carbonyl (C=O) groups is 1. The lowest BCUT2D eigenvalue weighted by Gasteiger charge is -2.04. The van der Waals surface area contributed by atoms with Crippen molar-refractivity contribution in [3.8, 4) is 0 Å². The summed E-state index contributed by atoms with van der Waals surface area (Å²) in [6, 6.07) is 5.75. The van der Waals surface area contributed by atoms with Gasteiger partial charge in [0.1, 0.15) is 0 Å². The Balaban J connectivity index is 1.95. The van der Waals surface area contributed by atoms with Gasteiger partial charge in [0.05, 0.1) is 17.4 Å². The lowest BCUT2D eigenvalue weighted by Crippen LogP contribution is -2.13. The monoisotopic (exact) mass is 201 g/mol. The zero-order valence-electron chi connectivity index (χ0n) is 8.16. The highest BCUT2D eigenvalue weighted by atomic mass is 16.2. The van der Waals surface area contributed by atoms with Gasteiger partial charge in [0.25, 0.3) is 0 Å². The molecule has 1 aromatic carbocycles. The summed E-state index contributed by atoms with van der Waals surface area (Å²) in [5.41, 5.74) is 1.79. The van der Waals surface area contributed by atoms with E-state index in [4.69, 9.17) is 0 Å². The number of anilines is 1. The largest absolute Gasteiger partial charge is 0.325 e. The van der Waals surface area contributed by atoms with Gasteiger partial charge < -0.3 is 5.32 Å². The highest BCUT2D eigenvalue weighted by molar-refractivity contribution is 6.02. The fraction of sp³-hybridized carbons (Fsp3) is 0.273. The summed E-state index contributed by atoms with van der Waals surface area (Å²) in [6.07, 6.45) is 3.78. The number of aromatic amines is 1. The number of amides is 1. The smallest absolute Gasteiger partial charge is 0.227 e. The van der Waals surface area contributed by atoms with Crippen molar-refractivity contribution in [3.05, 3.63) is 24.4 Å². The number of fused-ring (bicyclic) bond motifs is 1. The zero-order chi connectivity index (χ0) is 10.3. The molecule has 1 saturated carbocycles. The van der Waals surface area contributed by atoms with Crippen LogP contribution in [0.15, 0.2) is 24.4 Å². The van der Waals surface area contributed by atoms with Crippen LogP contribution in [0.1, 0.15) is 12.8 Å². The van der Waals surface area contributed by atoms with Crippen LogP contribution in [0.2, 0.25) is 0 Å². The van der Waals surface area contributed by atoms with Crippen molar-refractivity contribution in [1.29, 1.82) is 0 Å². The molecule has 3 rings (SSSR count). The van der Waals surface area contributed by atoms with Crippen LogP contribution < -0.4 is 5.32 Å². The van der Waals surface area contributed by atoms with Crippen LogP contribution in [-0.4, -0.2) is 16.1 Å². The minimum atomic E-state index is 0.128. The molecule has 4 heteroatoms. The van der Waals surface area contributed by atoms with Crippen molar-refractivity contribution < 1.29 is 4.79 Å². The Bertz CT molecular complexity index is 513. The number of benzene rings is 1. The second-order valence-electron chi connectivity index (χ2n) is 3.90. The van der Waals surface area contributed by atoms with E-state index in [1.165, 1.54) is 0 Å². The maximum atomic E-state index is 11.6. The summed E-state index contributed by atoms with van der Waals surface area (Å²) >= 11 is 0. The SMILES string of the molecule is O=C(Nc1cccc2[nH]ncc12)C1CC1. The highest BCUT2D eigenvalue weighted by Crippen LogP contribution is 2.31. The summed E-state index contributed by atoms with van der Waals surface area (Å²) in [6.45, 7) is 0. The molecule has 2 aromatic rings. The van der Waals surface area contributed by atoms with E-state index in [0.29, 0.717) is 0 Å². The van der Waals surface area contributed by atoms with E-state index in [1.807, 2.05) is 18.2 Å². The number of hydrogen-bond acceptors (Lipinski definition) is 2. The number of H-pyrrole nitrogens is 1. The second-order valence-corrected chi connectivity index (χ2v) is 3.90. The first kappa shape index (κ1) is 8.47. The average molecular weight is 201 g/mol. The van der Waals surface area contributed by atoms with Crippen molar-refractivity contribution in [2.45, 2.75) is 12.8 Å². The minimum absolute atomic E-state index is 0.128. The maximum absolute atomic E-state index is 11.6. The summed E-state index contributed by atoms with van der Waals surface area (Å²) in [4.78, 5) is 11.6. The zero-order valence-corrected chi connectivity index (χ0v) is 8.16. The quantitative estimate of drug-likeness (QED) is 0.779. The van der Waals surface area contributed by atoms with E-state index in [-0.39, 0.29) is 11.8 Å². The number of nitrogens with one attached hydrogen (secondary N) is 2. The van der Waals surface area contributed by atoms with Crippen LogP contribution in [0.25, 0.3) is 10.9 Å². The molecule has 0 saturated heterocycles. The van der Waals surface area contributed by atoms with Gasteiger partial charge in [0, 0.05) is 11.3 Å². The standard InChI is InChI=1S/C11H11N3O/c15-11(7-4-5-7)13-9-2-1-3-10-8(9)6-12-14-10/h1-3,6-7H,4-5H2,(H,12,14)(H,13,15). The second kappa shape index (κ2) is 3.08. The van der Waals surface area contributed by atoms with Gasteiger partial charge >= 0.3 is 0 Å². The average Bonchev–Trinajstić information content (AvgIpc) is 2.97. The first-order valence-electron chi connectivity index (χ1n) is 5.07. The van der Waals surface area contributed by atoms with Crippen molar-refractivity contribution in [1.82, 2.24) is 10.2 Å². The molecule has 1 heterocycles. The third-order valence-electron chi connectivity index (χ3n) is 2.69. The predicted molar refractivity (Wildman–Crippen MR) is 57.4 cm³/mol. The molecule has 0 aliphatic heterocycles. The molecule has 0 bridgehead atoms. The minimum Gasteiger partial charge on any atom is -0.325 e. The summed E-state index contributed by atoms with van der Waals surface area (Å²) in [5.74, 6) is 0.357. The Morgan fingerprint density at radius 2 is 2.33 bits per heavy atom.